The second kappa shape index (κ2) is 23.1. The molecule has 15 atom stereocenters. The van der Waals surface area contributed by atoms with Crippen LogP contribution in [0, 0.1) is 29.6 Å². The number of carbonyl (C=O) groups is 4. The van der Waals surface area contributed by atoms with E-state index in [-0.39, 0.29) is 55.6 Å². The number of piperidine rings is 1. The highest BCUT2D eigenvalue weighted by Gasteiger charge is 2.56. The lowest BCUT2D eigenvalue weighted by molar-refractivity contribution is -0.302. The van der Waals surface area contributed by atoms with Gasteiger partial charge in [-0.15, -0.1) is 6.58 Å². The molecule has 4 rings (SSSR count). The molecule has 4 aliphatic rings. The Morgan fingerprint density at radius 1 is 0.951 bits per heavy atom. The van der Waals surface area contributed by atoms with Crippen LogP contribution in [0.15, 0.2) is 36.0 Å². The van der Waals surface area contributed by atoms with Crippen LogP contribution in [0.5, 0.6) is 0 Å². The van der Waals surface area contributed by atoms with E-state index in [4.69, 9.17) is 23.7 Å². The number of methoxy groups -OCH3 is 3. The first-order valence-electron chi connectivity index (χ1n) is 22.3. The number of ketones is 1. The standard InChI is InChI=1S/C46H75N3O12/c1-11-14-33-20-26(2)19-27(3)21-39(58-9)42-40(59-10)23-29(5)46(56,61-42)43(53)44(54)49-18-13-12-15-35(49)45(55)60-41(30(6)37(52)25-34(33)48-47-31(7)50)28(4)22-32-16-17-36(51)38(24-32)57-8/h11,20,22,27,29-30,32-42,48,51-52,56H,1,12-19,21,23-25H2,2-10H3,(H,47,50). The van der Waals surface area contributed by atoms with Crippen LogP contribution in [0.25, 0.3) is 0 Å². The van der Waals surface area contributed by atoms with Gasteiger partial charge in [-0.1, -0.05) is 44.6 Å². The third-order valence-electron chi connectivity index (χ3n) is 13.5. The van der Waals surface area contributed by atoms with Crippen LogP contribution < -0.4 is 10.9 Å². The molecule has 0 aromatic heterocycles. The number of Topliss-reactive ketones (excluding diaryl/α,β-unsaturated/α-hetero) is 1. The summed E-state index contributed by atoms with van der Waals surface area (Å²) in [6.07, 6.45) is 6.02. The molecule has 5 N–H and O–H groups in total. The molecule has 0 spiro atoms. The van der Waals surface area contributed by atoms with Crippen LogP contribution in [0.2, 0.25) is 0 Å². The monoisotopic (exact) mass is 862 g/mol. The Labute approximate surface area is 362 Å². The number of allylic oxidation sites excluding steroid dienone is 3. The van der Waals surface area contributed by atoms with Gasteiger partial charge in [-0.05, 0) is 108 Å². The van der Waals surface area contributed by atoms with E-state index in [1.165, 1.54) is 26.0 Å². The minimum atomic E-state index is -2.51. The van der Waals surface area contributed by atoms with Gasteiger partial charge in [0.1, 0.15) is 18.2 Å². The molecular formula is C46H75N3O12. The number of hydrogen-bond acceptors (Lipinski definition) is 13. The molecular weight excluding hydrogens is 787 g/mol. The fourth-order valence-electron chi connectivity index (χ4n) is 9.98. The number of esters is 1. The Morgan fingerprint density at radius 2 is 1.62 bits per heavy atom. The highest BCUT2D eigenvalue weighted by Crippen LogP contribution is 2.39. The van der Waals surface area contributed by atoms with Gasteiger partial charge in [0.25, 0.3) is 11.7 Å². The van der Waals surface area contributed by atoms with Crippen molar-refractivity contribution in [1.82, 2.24) is 15.8 Å². The number of fused-ring (bicyclic) bond motifs is 3. The van der Waals surface area contributed by atoms with Gasteiger partial charge in [0.2, 0.25) is 11.7 Å². The van der Waals surface area contributed by atoms with E-state index < -0.39 is 84.0 Å². The Kier molecular flexibility index (Phi) is 19.1. The quantitative estimate of drug-likeness (QED) is 0.0962. The molecule has 0 aromatic rings. The van der Waals surface area contributed by atoms with Crippen molar-refractivity contribution in [2.75, 3.05) is 27.9 Å². The first kappa shape index (κ1) is 50.6. The van der Waals surface area contributed by atoms with Gasteiger partial charge < -0.3 is 43.9 Å². The highest BCUT2D eigenvalue weighted by molar-refractivity contribution is 6.39. The van der Waals surface area contributed by atoms with Crippen molar-refractivity contribution >= 4 is 23.6 Å². The van der Waals surface area contributed by atoms with E-state index in [0.29, 0.717) is 56.9 Å². The van der Waals surface area contributed by atoms with Crippen LogP contribution >= 0.6 is 0 Å². The summed E-state index contributed by atoms with van der Waals surface area (Å²) in [4.78, 5) is 56.6. The average molecular weight is 862 g/mol. The summed E-state index contributed by atoms with van der Waals surface area (Å²) in [7, 11) is 4.64. The molecule has 1 aliphatic carbocycles. The Hall–Kier alpha value is -3.02. The van der Waals surface area contributed by atoms with Gasteiger partial charge in [0, 0.05) is 52.7 Å². The number of aliphatic hydroxyl groups is 3. The maximum absolute atomic E-state index is 14.5. The average Bonchev–Trinajstić information content (AvgIpc) is 3.23. The lowest BCUT2D eigenvalue weighted by Gasteiger charge is -2.47. The summed E-state index contributed by atoms with van der Waals surface area (Å²) in [5, 5.41) is 34.7. The molecule has 0 radical (unpaired) electrons. The van der Waals surface area contributed by atoms with Crippen molar-refractivity contribution in [1.29, 1.82) is 0 Å². The van der Waals surface area contributed by atoms with E-state index in [0.717, 1.165) is 5.57 Å². The lowest BCUT2D eigenvalue weighted by atomic mass is 9.81. The highest BCUT2D eigenvalue weighted by atomic mass is 16.7. The number of cyclic esters (lactones) is 1. The minimum absolute atomic E-state index is 0.00830. The van der Waals surface area contributed by atoms with Crippen molar-refractivity contribution in [3.8, 4) is 0 Å². The third kappa shape index (κ3) is 12.8. The maximum Gasteiger partial charge on any atom is 0.329 e. The topological polar surface area (TPSA) is 202 Å². The third-order valence-corrected chi connectivity index (χ3v) is 13.5. The summed E-state index contributed by atoms with van der Waals surface area (Å²) >= 11 is 0. The normalized spacial score (nSPS) is 39.3. The van der Waals surface area contributed by atoms with E-state index in [1.54, 1.807) is 27.0 Å². The predicted octanol–water partition coefficient (Wildman–Crippen LogP) is 4.08. The fourth-order valence-corrected chi connectivity index (χ4v) is 9.98. The largest absolute Gasteiger partial charge is 0.456 e. The summed E-state index contributed by atoms with van der Waals surface area (Å²) < 4.78 is 30.1. The Morgan fingerprint density at radius 3 is 2.26 bits per heavy atom. The zero-order valence-corrected chi connectivity index (χ0v) is 38.0. The maximum atomic E-state index is 14.5. The van der Waals surface area contributed by atoms with Gasteiger partial charge in [0.15, 0.2) is 0 Å². The molecule has 61 heavy (non-hydrogen) atoms. The van der Waals surface area contributed by atoms with Crippen molar-refractivity contribution in [2.45, 2.75) is 173 Å². The van der Waals surface area contributed by atoms with Crippen LogP contribution in [0.3, 0.4) is 0 Å². The first-order valence-corrected chi connectivity index (χ1v) is 22.3. The van der Waals surface area contributed by atoms with Crippen molar-refractivity contribution < 1.29 is 58.2 Å². The number of ether oxygens (including phenoxy) is 5. The van der Waals surface area contributed by atoms with Crippen molar-refractivity contribution in [2.24, 2.45) is 29.6 Å². The molecule has 0 aromatic carbocycles. The number of nitrogens with one attached hydrogen (secondary N) is 2. The summed E-state index contributed by atoms with van der Waals surface area (Å²) in [5.41, 5.74) is 7.61. The Bertz CT molecular complexity index is 1570. The first-order chi connectivity index (χ1) is 28.9. The van der Waals surface area contributed by atoms with E-state index >= 15 is 0 Å². The number of rotatable bonds is 9. The zero-order valence-electron chi connectivity index (χ0n) is 38.0. The molecule has 3 fully saturated rings. The molecule has 15 nitrogen and oxygen atoms in total. The van der Waals surface area contributed by atoms with Crippen LogP contribution in [-0.2, 0) is 42.9 Å². The fraction of sp³-hybridized carbons (Fsp3) is 0.783. The molecule has 3 heterocycles. The van der Waals surface area contributed by atoms with Crippen LogP contribution in [0.1, 0.15) is 112 Å². The number of hydrazine groups is 1. The lowest BCUT2D eigenvalue weighted by Crippen LogP contribution is -2.64. The van der Waals surface area contributed by atoms with E-state index in [2.05, 4.69) is 30.4 Å². The molecule has 2 bridgehead atoms. The smallest absolute Gasteiger partial charge is 0.329 e. The Balaban J connectivity index is 1.83. The molecule has 2 amide bonds. The van der Waals surface area contributed by atoms with Crippen LogP contribution in [0.4, 0.5) is 0 Å². The number of hydrogen-bond donors (Lipinski definition) is 5. The molecule has 3 aliphatic heterocycles. The SMILES string of the molecule is C=CCC1C=C(C)CC(C)CC(OC)C2OC(O)(C(=O)C(=O)N3CCCCC3C(=O)OC(C(C)=CC3CCC(O)C(OC)C3)C(C)C(O)CC1NNC(C)=O)C(C)CC2OC. The second-order valence-corrected chi connectivity index (χ2v) is 18.3. The van der Waals surface area contributed by atoms with Gasteiger partial charge >= 0.3 is 5.97 Å². The van der Waals surface area contributed by atoms with Gasteiger partial charge in [0.05, 0.1) is 30.5 Å². The van der Waals surface area contributed by atoms with Gasteiger partial charge in [-0.2, -0.15) is 0 Å². The molecule has 1 saturated carbocycles. The minimum Gasteiger partial charge on any atom is -0.456 e. The number of aliphatic hydroxyl groups excluding tert-OH is 2. The molecule has 15 heteroatoms. The molecule has 15 unspecified atom stereocenters. The van der Waals surface area contributed by atoms with Crippen molar-refractivity contribution in [3.63, 3.8) is 0 Å². The molecule has 346 valence electrons. The van der Waals surface area contributed by atoms with E-state index in [9.17, 15) is 34.5 Å². The molecule has 2 saturated heterocycles. The second-order valence-electron chi connectivity index (χ2n) is 18.3. The summed E-state index contributed by atoms with van der Waals surface area (Å²) in [6.45, 7) is 14.9. The summed E-state index contributed by atoms with van der Waals surface area (Å²) in [5.74, 6) is -7.46. The van der Waals surface area contributed by atoms with Gasteiger partial charge in [-0.25, -0.2) is 10.2 Å². The number of nitrogens with zero attached hydrogens (tertiary/aromatic N) is 1. The van der Waals surface area contributed by atoms with Crippen LogP contribution in [-0.4, -0.2) is 132 Å². The predicted molar refractivity (Wildman–Crippen MR) is 228 cm³/mol. The zero-order chi connectivity index (χ0) is 45.2. The number of carbonyl (C=O) groups excluding carboxylic acids is 4. The summed E-state index contributed by atoms with van der Waals surface area (Å²) in [6, 6.07) is -1.61. The van der Waals surface area contributed by atoms with Gasteiger partial charge in [-0.3, -0.25) is 19.8 Å². The van der Waals surface area contributed by atoms with E-state index in [1.807, 2.05) is 19.9 Å². The number of amides is 2. The van der Waals surface area contributed by atoms with Crippen molar-refractivity contribution in [3.05, 3.63) is 36.0 Å².